The molecular weight excluding hydrogens is 316 g/mol. The van der Waals surface area contributed by atoms with E-state index in [1.165, 1.54) is 90.4 Å². The summed E-state index contributed by atoms with van der Waals surface area (Å²) in [7, 11) is 0. The third kappa shape index (κ3) is 19.6. The van der Waals surface area contributed by atoms with Crippen LogP contribution in [-0.4, -0.2) is 37.0 Å². The van der Waals surface area contributed by atoms with Crippen molar-refractivity contribution in [2.24, 2.45) is 0 Å². The fraction of sp³-hybridized carbons (Fsp3) is 0.952. The summed E-state index contributed by atoms with van der Waals surface area (Å²) in [6, 6.07) is 0. The molecule has 0 aliphatic carbocycles. The minimum atomic E-state index is -0.524. The highest BCUT2D eigenvalue weighted by Gasteiger charge is 2.10. The molecule has 0 aromatic heterocycles. The summed E-state index contributed by atoms with van der Waals surface area (Å²) < 4.78 is 10.4. The number of aliphatic hydroxyl groups is 1. The van der Waals surface area contributed by atoms with Gasteiger partial charge >= 0.3 is 5.97 Å². The fourth-order valence-corrected chi connectivity index (χ4v) is 2.97. The fourth-order valence-electron chi connectivity index (χ4n) is 2.97. The Kier molecular flexibility index (Phi) is 19.2. The minimum Gasteiger partial charge on any atom is -0.458 e. The molecule has 0 heterocycles. The van der Waals surface area contributed by atoms with Crippen LogP contribution >= 0.6 is 0 Å². The minimum absolute atomic E-state index is 0.182. The SMILES string of the molecule is CCCCCCCCCCCCCCCCOC[C@@H](CO)OC(C)=O. The highest BCUT2D eigenvalue weighted by molar-refractivity contribution is 5.66. The number of carbonyl (C=O) groups excluding carboxylic acids is 1. The summed E-state index contributed by atoms with van der Waals surface area (Å²) in [6.45, 7) is 4.39. The lowest BCUT2D eigenvalue weighted by atomic mass is 10.0. The van der Waals surface area contributed by atoms with Gasteiger partial charge in [0.25, 0.3) is 0 Å². The third-order valence-electron chi connectivity index (χ3n) is 4.48. The highest BCUT2D eigenvalue weighted by Crippen LogP contribution is 2.12. The van der Waals surface area contributed by atoms with Crippen LogP contribution in [0.15, 0.2) is 0 Å². The summed E-state index contributed by atoms with van der Waals surface area (Å²) in [4.78, 5) is 10.8. The molecule has 0 aromatic carbocycles. The molecule has 0 aliphatic heterocycles. The summed E-state index contributed by atoms with van der Waals surface area (Å²) >= 11 is 0. The number of hydrogen-bond donors (Lipinski definition) is 1. The van der Waals surface area contributed by atoms with E-state index in [0.29, 0.717) is 6.61 Å². The molecule has 4 nitrogen and oxygen atoms in total. The van der Waals surface area contributed by atoms with Gasteiger partial charge in [0.05, 0.1) is 13.2 Å². The van der Waals surface area contributed by atoms with Crippen molar-refractivity contribution in [2.75, 3.05) is 19.8 Å². The summed E-state index contributed by atoms with van der Waals surface area (Å²) in [6.07, 6.45) is 18.3. The first-order valence-electron chi connectivity index (χ1n) is 10.6. The van der Waals surface area contributed by atoms with Gasteiger partial charge in [-0.1, -0.05) is 90.4 Å². The molecule has 0 saturated heterocycles. The first-order valence-corrected chi connectivity index (χ1v) is 10.6. The van der Waals surface area contributed by atoms with E-state index in [0.717, 1.165) is 6.42 Å². The Labute approximate surface area is 155 Å². The van der Waals surface area contributed by atoms with Gasteiger partial charge in [0.2, 0.25) is 0 Å². The molecule has 0 rings (SSSR count). The van der Waals surface area contributed by atoms with E-state index >= 15 is 0 Å². The monoisotopic (exact) mass is 358 g/mol. The molecule has 0 aliphatic rings. The van der Waals surface area contributed by atoms with Gasteiger partial charge in [-0.2, -0.15) is 0 Å². The molecule has 1 N–H and O–H groups in total. The molecule has 0 unspecified atom stereocenters. The van der Waals surface area contributed by atoms with Gasteiger partial charge < -0.3 is 14.6 Å². The van der Waals surface area contributed by atoms with Gasteiger partial charge in [-0.25, -0.2) is 0 Å². The highest BCUT2D eigenvalue weighted by atomic mass is 16.6. The number of rotatable bonds is 19. The van der Waals surface area contributed by atoms with Crippen LogP contribution in [0, 0.1) is 0 Å². The van der Waals surface area contributed by atoms with Gasteiger partial charge in [-0.05, 0) is 6.42 Å². The predicted molar refractivity (Wildman–Crippen MR) is 104 cm³/mol. The van der Waals surface area contributed by atoms with Gasteiger partial charge in [0, 0.05) is 13.5 Å². The van der Waals surface area contributed by atoms with Crippen LogP contribution in [0.2, 0.25) is 0 Å². The molecule has 0 aromatic rings. The zero-order chi connectivity index (χ0) is 18.6. The van der Waals surface area contributed by atoms with Gasteiger partial charge in [0.1, 0.15) is 6.10 Å². The lowest BCUT2D eigenvalue weighted by Gasteiger charge is -2.14. The summed E-state index contributed by atoms with van der Waals surface area (Å²) in [5.74, 6) is -0.376. The van der Waals surface area contributed by atoms with E-state index in [1.807, 2.05) is 0 Å². The second-order valence-electron chi connectivity index (χ2n) is 7.09. The largest absolute Gasteiger partial charge is 0.458 e. The van der Waals surface area contributed by atoms with Crippen LogP contribution in [-0.2, 0) is 14.3 Å². The lowest BCUT2D eigenvalue weighted by Crippen LogP contribution is -2.26. The summed E-state index contributed by atoms with van der Waals surface area (Å²) in [5, 5.41) is 9.04. The molecule has 0 amide bonds. The van der Waals surface area contributed by atoms with Crippen LogP contribution in [0.3, 0.4) is 0 Å². The zero-order valence-electron chi connectivity index (χ0n) is 16.8. The number of ether oxygens (including phenoxy) is 2. The van der Waals surface area contributed by atoms with E-state index in [9.17, 15) is 4.79 Å². The van der Waals surface area contributed by atoms with Crippen molar-refractivity contribution in [3.63, 3.8) is 0 Å². The van der Waals surface area contributed by atoms with Crippen LogP contribution in [0.25, 0.3) is 0 Å². The Balaban J connectivity index is 3.15. The molecule has 0 fully saturated rings. The third-order valence-corrected chi connectivity index (χ3v) is 4.48. The van der Waals surface area contributed by atoms with Crippen LogP contribution in [0.1, 0.15) is 104 Å². The zero-order valence-corrected chi connectivity index (χ0v) is 16.8. The molecule has 1 atom stereocenters. The molecule has 0 saturated carbocycles. The Hall–Kier alpha value is -0.610. The van der Waals surface area contributed by atoms with Crippen LogP contribution in [0.4, 0.5) is 0 Å². The van der Waals surface area contributed by atoms with E-state index in [1.54, 1.807) is 0 Å². The van der Waals surface area contributed by atoms with Crippen molar-refractivity contribution in [1.82, 2.24) is 0 Å². The van der Waals surface area contributed by atoms with Crippen molar-refractivity contribution in [3.05, 3.63) is 0 Å². The smallest absolute Gasteiger partial charge is 0.303 e. The maximum atomic E-state index is 10.8. The van der Waals surface area contributed by atoms with Crippen molar-refractivity contribution < 1.29 is 19.4 Å². The van der Waals surface area contributed by atoms with Gasteiger partial charge in [0.15, 0.2) is 0 Å². The Bertz CT molecular complexity index is 281. The van der Waals surface area contributed by atoms with E-state index < -0.39 is 6.10 Å². The second kappa shape index (κ2) is 19.7. The number of esters is 1. The molecule has 4 heteroatoms. The van der Waals surface area contributed by atoms with Gasteiger partial charge in [-0.3, -0.25) is 4.79 Å². The standard InChI is InChI=1S/C21H42O4/c1-3-4-5-6-7-8-9-10-11-12-13-14-15-16-17-24-19-21(18-22)25-20(2)23/h21-22H,3-19H2,1-2H3/t21-/m1/s1. The predicted octanol–water partition coefficient (Wildman–Crippen LogP) is 5.41. The van der Waals surface area contributed by atoms with Crippen molar-refractivity contribution in [3.8, 4) is 0 Å². The van der Waals surface area contributed by atoms with E-state index in [2.05, 4.69) is 6.92 Å². The molecule has 0 spiro atoms. The molecular formula is C21H42O4. The quantitative estimate of drug-likeness (QED) is 0.248. The lowest BCUT2D eigenvalue weighted by molar-refractivity contribution is -0.152. The topological polar surface area (TPSA) is 55.8 Å². The first-order chi connectivity index (χ1) is 12.2. The Morgan fingerprint density at radius 3 is 1.64 bits per heavy atom. The first kappa shape index (κ1) is 24.4. The number of aliphatic hydroxyl groups excluding tert-OH is 1. The molecule has 0 bridgehead atoms. The maximum Gasteiger partial charge on any atom is 0.303 e. The van der Waals surface area contributed by atoms with Crippen molar-refractivity contribution in [2.45, 2.75) is 110 Å². The molecule has 25 heavy (non-hydrogen) atoms. The average molecular weight is 359 g/mol. The Morgan fingerprint density at radius 1 is 0.800 bits per heavy atom. The molecule has 0 radical (unpaired) electrons. The maximum absolute atomic E-state index is 10.8. The number of unbranched alkanes of at least 4 members (excludes halogenated alkanes) is 13. The van der Waals surface area contributed by atoms with E-state index in [4.69, 9.17) is 14.6 Å². The van der Waals surface area contributed by atoms with Crippen LogP contribution < -0.4 is 0 Å². The van der Waals surface area contributed by atoms with Crippen molar-refractivity contribution >= 4 is 5.97 Å². The summed E-state index contributed by atoms with van der Waals surface area (Å²) in [5.41, 5.74) is 0. The Morgan fingerprint density at radius 2 is 1.24 bits per heavy atom. The number of hydrogen-bond acceptors (Lipinski definition) is 4. The number of carbonyl (C=O) groups is 1. The van der Waals surface area contributed by atoms with E-state index in [-0.39, 0.29) is 19.2 Å². The van der Waals surface area contributed by atoms with Crippen molar-refractivity contribution in [1.29, 1.82) is 0 Å². The second-order valence-corrected chi connectivity index (χ2v) is 7.09. The van der Waals surface area contributed by atoms with Crippen LogP contribution in [0.5, 0.6) is 0 Å². The molecule has 150 valence electrons. The average Bonchev–Trinajstić information content (AvgIpc) is 2.60. The normalized spacial score (nSPS) is 12.3. The van der Waals surface area contributed by atoms with Gasteiger partial charge in [-0.15, -0.1) is 0 Å².